The number of hydrogen-bond donors (Lipinski definition) is 2. The summed E-state index contributed by atoms with van der Waals surface area (Å²) in [5.41, 5.74) is 1.01. The highest BCUT2D eigenvalue weighted by Crippen LogP contribution is 2.19. The second kappa shape index (κ2) is 7.77. The molecule has 1 fully saturated rings. The molecule has 114 valence electrons. The zero-order valence-corrected chi connectivity index (χ0v) is 14.0. The van der Waals surface area contributed by atoms with Gasteiger partial charge in [-0.2, -0.15) is 11.8 Å². The van der Waals surface area contributed by atoms with Gasteiger partial charge in [0.1, 0.15) is 4.21 Å². The fourth-order valence-electron chi connectivity index (χ4n) is 2.02. The van der Waals surface area contributed by atoms with Crippen molar-refractivity contribution >= 4 is 33.1 Å². The summed E-state index contributed by atoms with van der Waals surface area (Å²) in [6, 6.07) is 1.74. The second-order valence-electron chi connectivity index (χ2n) is 4.66. The smallest absolute Gasteiger partial charge is 0.250 e. The normalized spacial score (nSPS) is 17.4. The number of nitrogens with one attached hydrogen (secondary N) is 2. The highest BCUT2D eigenvalue weighted by atomic mass is 32.2. The van der Waals surface area contributed by atoms with Gasteiger partial charge in [0, 0.05) is 44.2 Å². The summed E-state index contributed by atoms with van der Waals surface area (Å²) >= 11 is 3.23. The Morgan fingerprint density at radius 3 is 2.80 bits per heavy atom. The molecule has 5 nitrogen and oxygen atoms in total. The van der Waals surface area contributed by atoms with Crippen LogP contribution in [0.4, 0.5) is 0 Å². The topological polar surface area (TPSA) is 61.4 Å². The number of thioether (sulfide) groups is 1. The Labute approximate surface area is 129 Å². The molecule has 1 aliphatic rings. The van der Waals surface area contributed by atoms with Crippen molar-refractivity contribution in [3.63, 3.8) is 0 Å². The predicted molar refractivity (Wildman–Crippen MR) is 86.0 cm³/mol. The SMILES string of the molecule is CNCc1csc(S(=O)(=O)NCCN2CCSCC2)c1. The number of hydrogen-bond acceptors (Lipinski definition) is 6. The Hall–Kier alpha value is -0.120. The van der Waals surface area contributed by atoms with Gasteiger partial charge in [-0.1, -0.05) is 0 Å². The van der Waals surface area contributed by atoms with Gasteiger partial charge in [0.2, 0.25) is 10.0 Å². The van der Waals surface area contributed by atoms with Crippen LogP contribution in [0.2, 0.25) is 0 Å². The molecule has 1 aromatic heterocycles. The molecule has 2 heterocycles. The summed E-state index contributed by atoms with van der Waals surface area (Å²) in [4.78, 5) is 2.31. The zero-order valence-electron chi connectivity index (χ0n) is 11.6. The third-order valence-corrected chi connectivity index (χ3v) is 6.99. The molecule has 0 radical (unpaired) electrons. The molecule has 2 N–H and O–H groups in total. The molecular weight excluding hydrogens is 314 g/mol. The predicted octanol–water partition coefficient (Wildman–Crippen LogP) is 0.795. The average molecular weight is 336 g/mol. The highest BCUT2D eigenvalue weighted by molar-refractivity contribution is 7.99. The lowest BCUT2D eigenvalue weighted by Crippen LogP contribution is -2.39. The molecule has 0 unspecified atom stereocenters. The Morgan fingerprint density at radius 1 is 1.35 bits per heavy atom. The molecule has 1 aliphatic heterocycles. The van der Waals surface area contributed by atoms with Gasteiger partial charge in [0.15, 0.2) is 0 Å². The van der Waals surface area contributed by atoms with E-state index in [0.29, 0.717) is 17.3 Å². The maximum atomic E-state index is 12.1. The molecule has 0 atom stereocenters. The maximum Gasteiger partial charge on any atom is 0.250 e. The first-order valence-corrected chi connectivity index (χ1v) is 10.2. The fourth-order valence-corrected chi connectivity index (χ4v) is 5.28. The van der Waals surface area contributed by atoms with Crippen LogP contribution in [0.25, 0.3) is 0 Å². The monoisotopic (exact) mass is 335 g/mol. The molecule has 0 amide bonds. The van der Waals surface area contributed by atoms with Gasteiger partial charge in [0.05, 0.1) is 0 Å². The third kappa shape index (κ3) is 4.71. The first kappa shape index (κ1) is 16.3. The summed E-state index contributed by atoms with van der Waals surface area (Å²) in [5.74, 6) is 2.29. The Bertz CT molecular complexity index is 510. The summed E-state index contributed by atoms with van der Waals surface area (Å²) < 4.78 is 27.4. The largest absolute Gasteiger partial charge is 0.316 e. The van der Waals surface area contributed by atoms with E-state index in [2.05, 4.69) is 14.9 Å². The van der Waals surface area contributed by atoms with E-state index in [1.165, 1.54) is 11.3 Å². The number of sulfonamides is 1. The molecule has 0 bridgehead atoms. The minimum absolute atomic E-state index is 0.400. The van der Waals surface area contributed by atoms with Crippen LogP contribution in [-0.2, 0) is 16.6 Å². The second-order valence-corrected chi connectivity index (χ2v) is 8.79. The molecule has 0 saturated carbocycles. The average Bonchev–Trinajstić information content (AvgIpc) is 2.90. The lowest BCUT2D eigenvalue weighted by Gasteiger charge is -2.25. The van der Waals surface area contributed by atoms with E-state index in [4.69, 9.17) is 0 Å². The molecule has 0 spiro atoms. The van der Waals surface area contributed by atoms with Gasteiger partial charge < -0.3 is 10.2 Å². The molecule has 1 saturated heterocycles. The van der Waals surface area contributed by atoms with Crippen LogP contribution in [0.15, 0.2) is 15.7 Å². The Morgan fingerprint density at radius 2 is 2.10 bits per heavy atom. The van der Waals surface area contributed by atoms with Gasteiger partial charge in [0.25, 0.3) is 0 Å². The van der Waals surface area contributed by atoms with Crippen LogP contribution >= 0.6 is 23.1 Å². The van der Waals surface area contributed by atoms with E-state index in [-0.39, 0.29) is 0 Å². The maximum absolute atomic E-state index is 12.1. The van der Waals surface area contributed by atoms with Gasteiger partial charge >= 0.3 is 0 Å². The Kier molecular flexibility index (Phi) is 6.31. The first-order chi connectivity index (χ1) is 9.62. The number of rotatable bonds is 7. The lowest BCUT2D eigenvalue weighted by molar-refractivity contribution is 0.307. The van der Waals surface area contributed by atoms with Crippen molar-refractivity contribution in [2.24, 2.45) is 0 Å². The molecule has 8 heteroatoms. The molecular formula is C12H21N3O2S3. The molecule has 0 aromatic carbocycles. The van der Waals surface area contributed by atoms with Crippen LogP contribution in [0.1, 0.15) is 5.56 Å². The summed E-state index contributed by atoms with van der Waals surface area (Å²) in [5, 5.41) is 4.90. The summed E-state index contributed by atoms with van der Waals surface area (Å²) in [7, 11) is -1.50. The minimum atomic E-state index is -3.35. The quantitative estimate of drug-likeness (QED) is 0.772. The van der Waals surface area contributed by atoms with Gasteiger partial charge in [-0.25, -0.2) is 13.1 Å². The third-order valence-electron chi connectivity index (χ3n) is 3.10. The van der Waals surface area contributed by atoms with E-state index in [0.717, 1.165) is 36.7 Å². The van der Waals surface area contributed by atoms with Crippen LogP contribution in [0, 0.1) is 0 Å². The number of nitrogens with zero attached hydrogens (tertiary/aromatic N) is 1. The fraction of sp³-hybridized carbons (Fsp3) is 0.667. The minimum Gasteiger partial charge on any atom is -0.316 e. The lowest BCUT2D eigenvalue weighted by atomic mass is 10.3. The molecule has 1 aromatic rings. The molecule has 20 heavy (non-hydrogen) atoms. The van der Waals surface area contributed by atoms with Crippen molar-refractivity contribution in [1.82, 2.24) is 14.9 Å². The zero-order chi connectivity index (χ0) is 14.4. The van der Waals surface area contributed by atoms with E-state index in [1.54, 1.807) is 6.07 Å². The van der Waals surface area contributed by atoms with E-state index in [1.807, 2.05) is 24.2 Å². The van der Waals surface area contributed by atoms with Gasteiger partial charge in [-0.05, 0) is 24.1 Å². The van der Waals surface area contributed by atoms with E-state index in [9.17, 15) is 8.42 Å². The van der Waals surface area contributed by atoms with Crippen LogP contribution in [0.3, 0.4) is 0 Å². The highest BCUT2D eigenvalue weighted by Gasteiger charge is 2.17. The van der Waals surface area contributed by atoms with Crippen molar-refractivity contribution in [3.05, 3.63) is 17.0 Å². The Balaban J connectivity index is 1.83. The van der Waals surface area contributed by atoms with E-state index < -0.39 is 10.0 Å². The van der Waals surface area contributed by atoms with Crippen molar-refractivity contribution in [2.75, 3.05) is 44.7 Å². The van der Waals surface area contributed by atoms with Crippen LogP contribution in [-0.4, -0.2) is 58.1 Å². The molecule has 2 rings (SSSR count). The van der Waals surface area contributed by atoms with Crippen molar-refractivity contribution in [1.29, 1.82) is 0 Å². The van der Waals surface area contributed by atoms with Crippen LogP contribution < -0.4 is 10.0 Å². The van der Waals surface area contributed by atoms with Crippen molar-refractivity contribution in [2.45, 2.75) is 10.8 Å². The molecule has 0 aliphatic carbocycles. The summed E-state index contributed by atoms with van der Waals surface area (Å²) in [6.45, 7) is 4.06. The van der Waals surface area contributed by atoms with E-state index >= 15 is 0 Å². The number of thiophene rings is 1. The van der Waals surface area contributed by atoms with Crippen LogP contribution in [0.5, 0.6) is 0 Å². The standard InChI is InChI=1S/C12H21N3O2S3/c1-13-9-11-8-12(19-10-11)20(16,17)14-2-3-15-4-6-18-7-5-15/h8,10,13-14H,2-7,9H2,1H3. The van der Waals surface area contributed by atoms with Crippen molar-refractivity contribution < 1.29 is 8.42 Å². The van der Waals surface area contributed by atoms with Gasteiger partial charge in [-0.15, -0.1) is 11.3 Å². The van der Waals surface area contributed by atoms with Gasteiger partial charge in [-0.3, -0.25) is 0 Å². The first-order valence-electron chi connectivity index (χ1n) is 6.63. The summed E-state index contributed by atoms with van der Waals surface area (Å²) in [6.07, 6.45) is 0. The van der Waals surface area contributed by atoms with Crippen molar-refractivity contribution in [3.8, 4) is 0 Å².